The molecule has 0 N–H and O–H groups in total. The summed E-state index contributed by atoms with van der Waals surface area (Å²) in [7, 11) is 1.31. The number of unbranched alkanes of at least 4 members (excludes halogenated alkanes) is 4. The van der Waals surface area contributed by atoms with Crippen LogP contribution in [0, 0.1) is 27.7 Å². The van der Waals surface area contributed by atoms with Crippen LogP contribution in [-0.2, 0) is 64.5 Å². The zero-order chi connectivity index (χ0) is 45.7. The van der Waals surface area contributed by atoms with E-state index in [4.69, 9.17) is 0 Å². The zero-order valence-corrected chi connectivity index (χ0v) is 49.3. The van der Waals surface area contributed by atoms with Gasteiger partial charge in [0, 0.05) is 61.2 Å². The summed E-state index contributed by atoms with van der Waals surface area (Å²) in [4.78, 5) is 0. The molecule has 0 atom stereocenters. The molecule has 1 aliphatic rings. The molecule has 0 bridgehead atoms. The van der Waals surface area contributed by atoms with E-state index in [-0.39, 0.29) is 51.7 Å². The van der Waals surface area contributed by atoms with Gasteiger partial charge < -0.3 is 27.7 Å². The molecule has 3 heteroatoms. The van der Waals surface area contributed by atoms with Crippen molar-refractivity contribution in [2.75, 3.05) is 0 Å². The van der Waals surface area contributed by atoms with Gasteiger partial charge in [0.15, 0.2) is 0 Å². The van der Waals surface area contributed by atoms with Gasteiger partial charge in [-0.05, 0) is 45.5 Å². The molecule has 0 aliphatic carbocycles. The zero-order valence-electron chi connectivity index (χ0n) is 41.1. The maximum atomic E-state index is 3.60. The van der Waals surface area contributed by atoms with Gasteiger partial charge in [0.1, 0.15) is 0 Å². The normalized spacial score (nSPS) is 11.0. The summed E-state index contributed by atoms with van der Waals surface area (Å²) in [5, 5.41) is 10.7. The van der Waals surface area contributed by atoms with Crippen molar-refractivity contribution < 1.29 is 51.7 Å². The van der Waals surface area contributed by atoms with Crippen molar-refractivity contribution in [3.63, 3.8) is 0 Å². The third-order valence-corrected chi connectivity index (χ3v) is 12.4. The Morgan fingerprint density at radius 2 is 0.692 bits per heavy atom. The fourth-order valence-electron chi connectivity index (χ4n) is 7.02. The van der Waals surface area contributed by atoms with Crippen LogP contribution in [0.2, 0.25) is 12.1 Å². The van der Waals surface area contributed by atoms with Crippen LogP contribution in [0.25, 0.3) is 65.3 Å². The second kappa shape index (κ2) is 36.1. The van der Waals surface area contributed by atoms with E-state index in [9.17, 15) is 0 Å². The molecule has 0 amide bonds. The molecule has 8 aromatic carbocycles. The molecular formula is C62H78Hf2Si-6. The number of hydrogen-bond donors (Lipinski definition) is 0. The van der Waals surface area contributed by atoms with Crippen LogP contribution in [-0.4, -0.2) is 9.52 Å². The molecule has 344 valence electrons. The average molecular weight is 1210 g/mol. The molecule has 2 radical (unpaired) electrons. The fourth-order valence-corrected chi connectivity index (χ4v) is 8.27. The van der Waals surface area contributed by atoms with E-state index in [1.807, 2.05) is 0 Å². The van der Waals surface area contributed by atoms with Crippen LogP contribution in [0.4, 0.5) is 0 Å². The summed E-state index contributed by atoms with van der Waals surface area (Å²) in [6, 6.07) is 56.0. The third kappa shape index (κ3) is 19.6. The van der Waals surface area contributed by atoms with Crippen molar-refractivity contribution in [3.05, 3.63) is 184 Å². The summed E-state index contributed by atoms with van der Waals surface area (Å²) in [6.07, 6.45) is 14.3. The van der Waals surface area contributed by atoms with E-state index < -0.39 is 0 Å². The Kier molecular flexibility index (Phi) is 33.4. The Bertz CT molecular complexity index is 2210. The number of hydrogen-bond acceptors (Lipinski definition) is 0. The van der Waals surface area contributed by atoms with E-state index >= 15 is 0 Å². The Morgan fingerprint density at radius 3 is 0.985 bits per heavy atom. The smallest absolute Gasteiger partial charge is 0.0377 e. The van der Waals surface area contributed by atoms with E-state index in [0.29, 0.717) is 0 Å². The number of rotatable bonds is 8. The molecule has 65 heavy (non-hydrogen) atoms. The van der Waals surface area contributed by atoms with Gasteiger partial charge in [-0.15, -0.1) is 69.1 Å². The van der Waals surface area contributed by atoms with Gasteiger partial charge in [-0.1, -0.05) is 200 Å². The number of benzene rings is 6. The molecule has 8 aromatic rings. The first-order valence-corrected chi connectivity index (χ1v) is 25.5. The van der Waals surface area contributed by atoms with Crippen molar-refractivity contribution in [3.8, 4) is 22.3 Å². The van der Waals surface area contributed by atoms with Gasteiger partial charge >= 0.3 is 0 Å². The van der Waals surface area contributed by atoms with E-state index in [0.717, 1.165) is 38.5 Å². The topological polar surface area (TPSA) is 0 Å². The quantitative estimate of drug-likeness (QED) is 0.105. The van der Waals surface area contributed by atoms with Gasteiger partial charge in [-0.2, -0.15) is 37.8 Å². The molecule has 0 unspecified atom stereocenters. The van der Waals surface area contributed by atoms with E-state index in [2.05, 4.69) is 215 Å². The predicted molar refractivity (Wildman–Crippen MR) is 289 cm³/mol. The molecule has 1 saturated heterocycles. The van der Waals surface area contributed by atoms with Gasteiger partial charge in [0.2, 0.25) is 0 Å². The van der Waals surface area contributed by atoms with Gasteiger partial charge in [-0.3, -0.25) is 0 Å². The monoisotopic (exact) mass is 1210 g/mol. The van der Waals surface area contributed by atoms with E-state index in [1.165, 1.54) is 137 Å². The third-order valence-electron chi connectivity index (χ3n) is 11.0. The Hall–Kier alpha value is -2.98. The van der Waals surface area contributed by atoms with Crippen LogP contribution in [0.1, 0.15) is 117 Å². The second-order valence-electron chi connectivity index (χ2n) is 16.0. The summed E-state index contributed by atoms with van der Waals surface area (Å²) in [5.41, 5.74) is 8.15. The van der Waals surface area contributed by atoms with Crippen LogP contribution in [0.15, 0.2) is 146 Å². The van der Waals surface area contributed by atoms with Crippen molar-refractivity contribution >= 4 is 52.6 Å². The summed E-state index contributed by atoms with van der Waals surface area (Å²) in [5.74, 6) is 0. The summed E-state index contributed by atoms with van der Waals surface area (Å²) >= 11 is 0. The largest absolute Gasteiger partial charge is 0.343 e. The molecule has 9 rings (SSSR count). The minimum Gasteiger partial charge on any atom is -0.343 e. The molecule has 1 aliphatic heterocycles. The molecule has 0 nitrogen and oxygen atoms in total. The van der Waals surface area contributed by atoms with Crippen LogP contribution in [0.5, 0.6) is 0 Å². The van der Waals surface area contributed by atoms with Gasteiger partial charge in [0.25, 0.3) is 0 Å². The first-order chi connectivity index (χ1) is 30.9. The molecule has 0 saturated carbocycles. The SMILES string of the molecule is C1CC[Si]C1.CCc1cc2c(-c3cccc4ccccc34)cccc2[cH-]1.CCc1cc2c(-c3cccc4ccccc34)cccc2[cH-]1.[CH2-]CCC.[CH2-]CCC.[CH2-]CCC.[CH2-]CCC.[Hf].[Hf]. The molecule has 0 aromatic heterocycles. The minimum absolute atomic E-state index is 0. The predicted octanol–water partition coefficient (Wildman–Crippen LogP) is 19.7. The fraction of sp³-hybridized carbons (Fsp3) is 0.323. The number of fused-ring (bicyclic) bond motifs is 4. The molecule has 1 fully saturated rings. The molecular weight excluding hydrogens is 1130 g/mol. The van der Waals surface area contributed by atoms with Crippen molar-refractivity contribution in [2.24, 2.45) is 0 Å². The van der Waals surface area contributed by atoms with E-state index in [1.54, 1.807) is 0 Å². The summed E-state index contributed by atoms with van der Waals surface area (Å²) in [6.45, 7) is 27.3. The first-order valence-electron chi connectivity index (χ1n) is 24.1. The van der Waals surface area contributed by atoms with Gasteiger partial charge in [-0.25, -0.2) is 0 Å². The van der Waals surface area contributed by atoms with Crippen molar-refractivity contribution in [1.82, 2.24) is 0 Å². The van der Waals surface area contributed by atoms with Crippen LogP contribution >= 0.6 is 0 Å². The standard InChI is InChI=1S/2C21H17.C4H8Si.4C4H9.2Hf/c2*1-2-15-13-17-9-6-12-20(21(17)14-15)19-11-5-8-16-7-3-4-10-18(16)19;1-2-4-5-3-1;4*1-3-4-2;;/h2*3-14H,2H2,1H3;1-4H2;4*1,3-4H2,2H3;;/q2*-1;;4*-1;;. The molecule has 1 heterocycles. The van der Waals surface area contributed by atoms with Crippen molar-refractivity contribution in [2.45, 2.75) is 131 Å². The van der Waals surface area contributed by atoms with Crippen LogP contribution in [0.3, 0.4) is 0 Å². The minimum atomic E-state index is 0. The number of aryl methyl sites for hydroxylation is 2. The summed E-state index contributed by atoms with van der Waals surface area (Å²) < 4.78 is 0. The Morgan fingerprint density at radius 1 is 0.400 bits per heavy atom. The van der Waals surface area contributed by atoms with Crippen LogP contribution < -0.4 is 0 Å². The average Bonchev–Trinajstić information content (AvgIpc) is 4.17. The maximum Gasteiger partial charge on any atom is 0.0377 e. The Labute approximate surface area is 437 Å². The van der Waals surface area contributed by atoms with Gasteiger partial charge in [0.05, 0.1) is 0 Å². The maximum absolute atomic E-state index is 3.60. The van der Waals surface area contributed by atoms with Crippen molar-refractivity contribution in [1.29, 1.82) is 0 Å². The second-order valence-corrected chi connectivity index (χ2v) is 17.5. The first kappa shape index (κ1) is 60.0. The Balaban J connectivity index is 0.000000446. The molecule has 0 spiro atoms.